The molecule has 0 heterocycles. The van der Waals surface area contributed by atoms with Crippen LogP contribution in [-0.2, 0) is 14.3 Å². The van der Waals surface area contributed by atoms with E-state index in [4.69, 9.17) is 4.74 Å². The van der Waals surface area contributed by atoms with Gasteiger partial charge in [-0.1, -0.05) is 42.5 Å². The monoisotopic (exact) mass is 404 g/mol. The van der Waals surface area contributed by atoms with Crippen LogP contribution in [0.25, 0.3) is 6.08 Å². The Hall–Kier alpha value is -3.75. The van der Waals surface area contributed by atoms with E-state index in [0.29, 0.717) is 11.1 Å². The number of hydrogen-bond donors (Lipinski definition) is 2. The molecule has 0 saturated heterocycles. The predicted octanol–water partition coefficient (Wildman–Crippen LogP) is 3.04. The molecule has 9 heteroatoms. The molecule has 0 fully saturated rings. The second-order valence-electron chi connectivity index (χ2n) is 5.58. The summed E-state index contributed by atoms with van der Waals surface area (Å²) in [5, 5.41) is 4.30. The number of alkyl halides is 2. The molecule has 0 saturated carbocycles. The molecule has 2 aromatic carbocycles. The lowest BCUT2D eigenvalue weighted by Crippen LogP contribution is -2.41. The summed E-state index contributed by atoms with van der Waals surface area (Å²) in [4.78, 5) is 35.9. The average molecular weight is 404 g/mol. The minimum atomic E-state index is -2.93. The lowest BCUT2D eigenvalue weighted by molar-refractivity contribution is -0.151. The molecule has 152 valence electrons. The molecule has 7 nitrogen and oxygen atoms in total. The largest absolute Gasteiger partial charge is 0.444 e. The minimum absolute atomic E-state index is 0.0188. The standard InChI is InChI=1S/C20H18F2N2O5/c1-23-20(27)24-18(26)17(14-5-3-2-4-6-14)29-16(25)12-9-13-7-10-15(11-8-13)28-19(21)22/h2-12,17,19H,1H3,(H2,23,24,26,27). The van der Waals surface area contributed by atoms with Crippen molar-refractivity contribution in [2.24, 2.45) is 0 Å². The maximum Gasteiger partial charge on any atom is 0.387 e. The molecule has 29 heavy (non-hydrogen) atoms. The van der Waals surface area contributed by atoms with Gasteiger partial charge in [-0.2, -0.15) is 8.78 Å². The number of carbonyl (C=O) groups is 3. The average Bonchev–Trinajstić information content (AvgIpc) is 2.71. The van der Waals surface area contributed by atoms with Crippen molar-refractivity contribution in [3.05, 3.63) is 71.8 Å². The Bertz CT molecular complexity index is 870. The number of nitrogens with one attached hydrogen (secondary N) is 2. The zero-order chi connectivity index (χ0) is 21.2. The number of urea groups is 1. The number of benzene rings is 2. The van der Waals surface area contributed by atoms with Gasteiger partial charge in [-0.25, -0.2) is 9.59 Å². The van der Waals surface area contributed by atoms with Gasteiger partial charge in [-0.05, 0) is 23.8 Å². The first-order valence-corrected chi connectivity index (χ1v) is 8.40. The second kappa shape index (κ2) is 10.5. The van der Waals surface area contributed by atoms with Crippen LogP contribution in [0.3, 0.4) is 0 Å². The van der Waals surface area contributed by atoms with Crippen LogP contribution >= 0.6 is 0 Å². The predicted molar refractivity (Wildman–Crippen MR) is 100.0 cm³/mol. The molecule has 3 amide bonds. The third-order valence-corrected chi connectivity index (χ3v) is 3.56. The van der Waals surface area contributed by atoms with Gasteiger partial charge >= 0.3 is 18.6 Å². The molecular formula is C20H18F2N2O5. The van der Waals surface area contributed by atoms with Crippen LogP contribution in [0.4, 0.5) is 13.6 Å². The van der Waals surface area contributed by atoms with Gasteiger partial charge in [-0.3, -0.25) is 10.1 Å². The van der Waals surface area contributed by atoms with Gasteiger partial charge in [0.2, 0.25) is 6.10 Å². The Balaban J connectivity index is 2.08. The molecule has 0 aliphatic heterocycles. The number of carbonyl (C=O) groups excluding carboxylic acids is 3. The lowest BCUT2D eigenvalue weighted by atomic mass is 10.1. The second-order valence-corrected chi connectivity index (χ2v) is 5.58. The van der Waals surface area contributed by atoms with Gasteiger partial charge in [-0.15, -0.1) is 0 Å². The van der Waals surface area contributed by atoms with Crippen LogP contribution in [0.1, 0.15) is 17.2 Å². The molecule has 1 unspecified atom stereocenters. The van der Waals surface area contributed by atoms with Crippen LogP contribution in [0.15, 0.2) is 60.7 Å². The van der Waals surface area contributed by atoms with Crippen molar-refractivity contribution in [1.82, 2.24) is 10.6 Å². The summed E-state index contributed by atoms with van der Waals surface area (Å²) >= 11 is 0. The summed E-state index contributed by atoms with van der Waals surface area (Å²) in [6.45, 7) is -2.93. The molecule has 0 aliphatic rings. The van der Waals surface area contributed by atoms with Crippen LogP contribution in [0.5, 0.6) is 5.75 Å². The molecule has 2 rings (SSSR count). The SMILES string of the molecule is CNC(=O)NC(=O)C(OC(=O)C=Cc1ccc(OC(F)F)cc1)c1ccccc1. The molecule has 0 aliphatic carbocycles. The van der Waals surface area contributed by atoms with E-state index in [1.165, 1.54) is 37.4 Å². The van der Waals surface area contributed by atoms with Crippen molar-refractivity contribution in [1.29, 1.82) is 0 Å². The van der Waals surface area contributed by atoms with E-state index in [1.54, 1.807) is 30.3 Å². The van der Waals surface area contributed by atoms with Gasteiger partial charge in [0.05, 0.1) is 0 Å². The Morgan fingerprint density at radius 1 is 1.00 bits per heavy atom. The quantitative estimate of drug-likeness (QED) is 0.547. The van der Waals surface area contributed by atoms with E-state index in [1.807, 2.05) is 0 Å². The first-order chi connectivity index (χ1) is 13.9. The van der Waals surface area contributed by atoms with E-state index in [9.17, 15) is 23.2 Å². The van der Waals surface area contributed by atoms with Crippen molar-refractivity contribution in [3.8, 4) is 5.75 Å². The smallest absolute Gasteiger partial charge is 0.387 e. The molecular weight excluding hydrogens is 386 g/mol. The summed E-state index contributed by atoms with van der Waals surface area (Å²) in [7, 11) is 1.34. The number of rotatable bonds is 7. The fourth-order valence-electron chi connectivity index (χ4n) is 2.22. The highest BCUT2D eigenvalue weighted by atomic mass is 19.3. The zero-order valence-corrected chi connectivity index (χ0v) is 15.3. The summed E-state index contributed by atoms with van der Waals surface area (Å²) in [5.74, 6) is -1.67. The topological polar surface area (TPSA) is 93.7 Å². The number of ether oxygens (including phenoxy) is 2. The number of imide groups is 1. The summed E-state index contributed by atoms with van der Waals surface area (Å²) < 4.78 is 33.7. The minimum Gasteiger partial charge on any atom is -0.444 e. The van der Waals surface area contributed by atoms with Crippen molar-refractivity contribution in [3.63, 3.8) is 0 Å². The summed E-state index contributed by atoms with van der Waals surface area (Å²) in [6.07, 6.45) is 1.12. The highest BCUT2D eigenvalue weighted by Gasteiger charge is 2.25. The maximum atomic E-state index is 12.3. The Kier molecular flexibility index (Phi) is 7.84. The van der Waals surface area contributed by atoms with E-state index < -0.39 is 30.6 Å². The Morgan fingerprint density at radius 2 is 1.66 bits per heavy atom. The van der Waals surface area contributed by atoms with Gasteiger partial charge in [0.1, 0.15) is 5.75 Å². The van der Waals surface area contributed by atoms with Crippen LogP contribution in [0, 0.1) is 0 Å². The fourth-order valence-corrected chi connectivity index (χ4v) is 2.22. The van der Waals surface area contributed by atoms with Gasteiger partial charge in [0, 0.05) is 18.7 Å². The first kappa shape index (κ1) is 21.5. The molecule has 2 aromatic rings. The molecule has 0 spiro atoms. The zero-order valence-electron chi connectivity index (χ0n) is 15.3. The van der Waals surface area contributed by atoms with Crippen LogP contribution in [0.2, 0.25) is 0 Å². The van der Waals surface area contributed by atoms with E-state index >= 15 is 0 Å². The van der Waals surface area contributed by atoms with Crippen molar-refractivity contribution >= 4 is 24.0 Å². The van der Waals surface area contributed by atoms with Crippen LogP contribution in [-0.4, -0.2) is 31.6 Å². The summed E-state index contributed by atoms with van der Waals surface area (Å²) in [5.41, 5.74) is 0.902. The van der Waals surface area contributed by atoms with Crippen molar-refractivity contribution < 1.29 is 32.6 Å². The fraction of sp³-hybridized carbons (Fsp3) is 0.150. The Morgan fingerprint density at radius 3 is 2.24 bits per heavy atom. The molecule has 0 radical (unpaired) electrons. The normalized spacial score (nSPS) is 11.7. The van der Waals surface area contributed by atoms with Crippen LogP contribution < -0.4 is 15.4 Å². The third-order valence-electron chi connectivity index (χ3n) is 3.56. The number of halogens is 2. The number of amides is 3. The van der Waals surface area contributed by atoms with Gasteiger partial charge in [0.15, 0.2) is 0 Å². The van der Waals surface area contributed by atoms with Crippen molar-refractivity contribution in [2.45, 2.75) is 12.7 Å². The van der Waals surface area contributed by atoms with E-state index in [2.05, 4.69) is 15.4 Å². The van der Waals surface area contributed by atoms with E-state index in [-0.39, 0.29) is 5.75 Å². The highest BCUT2D eigenvalue weighted by molar-refractivity contribution is 5.98. The number of esters is 1. The molecule has 0 bridgehead atoms. The van der Waals surface area contributed by atoms with Gasteiger partial charge < -0.3 is 14.8 Å². The molecule has 1 atom stereocenters. The lowest BCUT2D eigenvalue weighted by Gasteiger charge is -2.16. The molecule has 2 N–H and O–H groups in total. The maximum absolute atomic E-state index is 12.3. The summed E-state index contributed by atoms with van der Waals surface area (Å²) in [6, 6.07) is 13.0. The van der Waals surface area contributed by atoms with E-state index in [0.717, 1.165) is 6.08 Å². The number of hydrogen-bond acceptors (Lipinski definition) is 5. The first-order valence-electron chi connectivity index (χ1n) is 8.40. The Labute approximate surface area is 165 Å². The highest BCUT2D eigenvalue weighted by Crippen LogP contribution is 2.19. The third kappa shape index (κ3) is 7.06. The van der Waals surface area contributed by atoms with Crippen molar-refractivity contribution in [2.75, 3.05) is 7.05 Å². The molecule has 0 aromatic heterocycles. The van der Waals surface area contributed by atoms with Gasteiger partial charge in [0.25, 0.3) is 5.91 Å².